The molecule has 0 aromatic heterocycles. The smallest absolute Gasteiger partial charge is 0.231 e. The lowest BCUT2D eigenvalue weighted by Crippen LogP contribution is -2.19. The molecular formula is C16H22BrNO2. The Hall–Kier alpha value is -1.16. The van der Waals surface area contributed by atoms with Gasteiger partial charge in [-0.2, -0.15) is 0 Å². The van der Waals surface area contributed by atoms with Crippen molar-refractivity contribution in [3.63, 3.8) is 0 Å². The van der Waals surface area contributed by atoms with E-state index in [9.17, 15) is 9.59 Å². The molecule has 0 saturated carbocycles. The number of amides is 1. The molecular weight excluding hydrogens is 318 g/mol. The molecule has 0 aliphatic rings. The van der Waals surface area contributed by atoms with Gasteiger partial charge in [0.25, 0.3) is 0 Å². The zero-order chi connectivity index (χ0) is 15.0. The minimum Gasteiger partial charge on any atom is -0.325 e. The standard InChI is InChI=1S/C16H22BrNO2/c1-3-6-12-8-5-9-13(7-4-2)16(12)18-15(20)10-14(19)11-17/h5,8-9H,3-4,6-7,10-11H2,1-2H3,(H,18,20). The monoisotopic (exact) mass is 339 g/mol. The fraction of sp³-hybridized carbons (Fsp3) is 0.500. The Balaban J connectivity index is 2.94. The second-order valence-electron chi connectivity index (χ2n) is 4.85. The summed E-state index contributed by atoms with van der Waals surface area (Å²) >= 11 is 3.08. The molecule has 4 heteroatoms. The summed E-state index contributed by atoms with van der Waals surface area (Å²) in [6, 6.07) is 6.13. The molecule has 0 heterocycles. The Morgan fingerprint density at radius 3 is 2.10 bits per heavy atom. The molecule has 0 atom stereocenters. The average Bonchev–Trinajstić information content (AvgIpc) is 2.42. The summed E-state index contributed by atoms with van der Waals surface area (Å²) in [5, 5.41) is 3.15. The van der Waals surface area contributed by atoms with Crippen LogP contribution in [0.15, 0.2) is 18.2 Å². The van der Waals surface area contributed by atoms with Crippen LogP contribution in [0.5, 0.6) is 0 Å². The first-order valence-corrected chi connectivity index (χ1v) is 8.22. The number of Topliss-reactive ketones (excluding diaryl/α,β-unsaturated/α-hetero) is 1. The molecule has 0 spiro atoms. The molecule has 0 radical (unpaired) electrons. The molecule has 110 valence electrons. The third-order valence-corrected chi connectivity index (χ3v) is 3.67. The first-order valence-electron chi connectivity index (χ1n) is 7.10. The van der Waals surface area contributed by atoms with E-state index >= 15 is 0 Å². The number of alkyl halides is 1. The molecule has 1 aromatic carbocycles. The van der Waals surface area contributed by atoms with Crippen molar-refractivity contribution in [1.82, 2.24) is 0 Å². The number of aryl methyl sites for hydroxylation is 2. The van der Waals surface area contributed by atoms with E-state index in [0.717, 1.165) is 42.5 Å². The van der Waals surface area contributed by atoms with E-state index in [1.807, 2.05) is 18.2 Å². The van der Waals surface area contributed by atoms with Gasteiger partial charge in [-0.05, 0) is 24.0 Å². The molecule has 1 amide bonds. The molecule has 0 aliphatic carbocycles. The lowest BCUT2D eigenvalue weighted by Gasteiger charge is -2.15. The van der Waals surface area contributed by atoms with Crippen LogP contribution in [0.4, 0.5) is 5.69 Å². The summed E-state index contributed by atoms with van der Waals surface area (Å²) in [5.41, 5.74) is 3.21. The predicted octanol–water partition coefficient (Wildman–Crippen LogP) is 3.88. The van der Waals surface area contributed by atoms with Crippen LogP contribution in [0.2, 0.25) is 0 Å². The minimum absolute atomic E-state index is 0.0721. The van der Waals surface area contributed by atoms with E-state index < -0.39 is 0 Å². The van der Waals surface area contributed by atoms with Gasteiger partial charge in [0.1, 0.15) is 0 Å². The van der Waals surface area contributed by atoms with Crippen molar-refractivity contribution >= 4 is 33.3 Å². The third-order valence-electron chi connectivity index (χ3n) is 3.05. The highest BCUT2D eigenvalue weighted by molar-refractivity contribution is 9.09. The van der Waals surface area contributed by atoms with Gasteiger partial charge in [0.05, 0.1) is 11.8 Å². The number of ketones is 1. The van der Waals surface area contributed by atoms with Crippen LogP contribution >= 0.6 is 15.9 Å². The highest BCUT2D eigenvalue weighted by Crippen LogP contribution is 2.24. The number of halogens is 1. The third kappa shape index (κ3) is 5.08. The fourth-order valence-corrected chi connectivity index (χ4v) is 2.38. The van der Waals surface area contributed by atoms with Gasteiger partial charge in [0, 0.05) is 5.69 Å². The SMILES string of the molecule is CCCc1cccc(CCC)c1NC(=O)CC(=O)CBr. The number of rotatable bonds is 8. The topological polar surface area (TPSA) is 46.2 Å². The molecule has 1 aromatic rings. The second-order valence-corrected chi connectivity index (χ2v) is 5.41. The molecule has 0 unspecified atom stereocenters. The Morgan fingerprint density at radius 2 is 1.65 bits per heavy atom. The van der Waals surface area contributed by atoms with Crippen molar-refractivity contribution in [3.05, 3.63) is 29.3 Å². The van der Waals surface area contributed by atoms with Crippen molar-refractivity contribution in [2.45, 2.75) is 46.0 Å². The number of hydrogen-bond acceptors (Lipinski definition) is 2. The summed E-state index contributed by atoms with van der Waals surface area (Å²) in [7, 11) is 0. The Kier molecular flexibility index (Phi) is 7.52. The second kappa shape index (κ2) is 8.90. The normalized spacial score (nSPS) is 10.3. The van der Waals surface area contributed by atoms with E-state index in [2.05, 4.69) is 35.1 Å². The van der Waals surface area contributed by atoms with Crippen molar-refractivity contribution in [2.75, 3.05) is 10.6 Å². The van der Waals surface area contributed by atoms with Gasteiger partial charge >= 0.3 is 0 Å². The fourth-order valence-electron chi connectivity index (χ4n) is 2.18. The number of hydrogen-bond donors (Lipinski definition) is 1. The van der Waals surface area contributed by atoms with Crippen LogP contribution in [-0.2, 0) is 22.4 Å². The van der Waals surface area contributed by atoms with Gasteiger partial charge in [-0.1, -0.05) is 60.8 Å². The molecule has 20 heavy (non-hydrogen) atoms. The number of benzene rings is 1. The number of para-hydroxylation sites is 1. The lowest BCUT2D eigenvalue weighted by molar-refractivity contribution is -0.123. The quantitative estimate of drug-likeness (QED) is 0.577. The largest absolute Gasteiger partial charge is 0.325 e. The van der Waals surface area contributed by atoms with Gasteiger partial charge < -0.3 is 5.32 Å². The first kappa shape index (κ1) is 16.9. The summed E-state index contributed by atoms with van der Waals surface area (Å²) in [6.45, 7) is 4.24. The first-order chi connectivity index (χ1) is 9.62. The van der Waals surface area contributed by atoms with Crippen LogP contribution in [-0.4, -0.2) is 17.0 Å². The van der Waals surface area contributed by atoms with Crippen LogP contribution in [0.25, 0.3) is 0 Å². The summed E-state index contributed by atoms with van der Waals surface area (Å²) in [4.78, 5) is 23.3. The summed E-state index contributed by atoms with van der Waals surface area (Å²) in [6.07, 6.45) is 3.84. The van der Waals surface area contributed by atoms with Crippen LogP contribution in [0.3, 0.4) is 0 Å². The van der Waals surface area contributed by atoms with Crippen molar-refractivity contribution in [1.29, 1.82) is 0 Å². The highest BCUT2D eigenvalue weighted by Gasteiger charge is 2.13. The van der Waals surface area contributed by atoms with Gasteiger partial charge in [0.15, 0.2) is 5.78 Å². The lowest BCUT2D eigenvalue weighted by atomic mass is 10.00. The van der Waals surface area contributed by atoms with Crippen molar-refractivity contribution < 1.29 is 9.59 Å². The maximum Gasteiger partial charge on any atom is 0.231 e. The van der Waals surface area contributed by atoms with Gasteiger partial charge in [-0.3, -0.25) is 9.59 Å². The minimum atomic E-state index is -0.227. The van der Waals surface area contributed by atoms with Crippen molar-refractivity contribution in [3.8, 4) is 0 Å². The molecule has 3 nitrogen and oxygen atoms in total. The maximum atomic E-state index is 11.9. The van der Waals surface area contributed by atoms with Crippen LogP contribution < -0.4 is 5.32 Å². The molecule has 1 rings (SSSR count). The van der Waals surface area contributed by atoms with Crippen LogP contribution in [0.1, 0.15) is 44.2 Å². The predicted molar refractivity (Wildman–Crippen MR) is 86.5 cm³/mol. The summed E-state index contributed by atoms with van der Waals surface area (Å²) in [5.74, 6) is -0.331. The Morgan fingerprint density at radius 1 is 1.10 bits per heavy atom. The maximum absolute atomic E-state index is 11.9. The average molecular weight is 340 g/mol. The van der Waals surface area contributed by atoms with Crippen LogP contribution in [0, 0.1) is 0 Å². The number of carbonyl (C=O) groups is 2. The molecule has 0 bridgehead atoms. The van der Waals surface area contributed by atoms with E-state index in [-0.39, 0.29) is 23.4 Å². The zero-order valence-corrected chi connectivity index (χ0v) is 13.8. The Labute approximate surface area is 129 Å². The molecule has 1 N–H and O–H groups in total. The van der Waals surface area contributed by atoms with Gasteiger partial charge in [-0.15, -0.1) is 0 Å². The number of anilines is 1. The number of nitrogens with one attached hydrogen (secondary N) is 1. The number of carbonyl (C=O) groups excluding carboxylic acids is 2. The van der Waals surface area contributed by atoms with Gasteiger partial charge in [-0.25, -0.2) is 0 Å². The van der Waals surface area contributed by atoms with Gasteiger partial charge in [0.2, 0.25) is 5.91 Å². The molecule has 0 aliphatic heterocycles. The molecule has 0 saturated heterocycles. The van der Waals surface area contributed by atoms with E-state index in [1.54, 1.807) is 0 Å². The zero-order valence-electron chi connectivity index (χ0n) is 12.2. The summed E-state index contributed by atoms with van der Waals surface area (Å²) < 4.78 is 0. The molecule has 0 fully saturated rings. The van der Waals surface area contributed by atoms with E-state index in [4.69, 9.17) is 0 Å². The van der Waals surface area contributed by atoms with E-state index in [1.165, 1.54) is 0 Å². The highest BCUT2D eigenvalue weighted by atomic mass is 79.9. The Bertz CT molecular complexity index is 447. The van der Waals surface area contributed by atoms with E-state index in [0.29, 0.717) is 0 Å². The van der Waals surface area contributed by atoms with Crippen molar-refractivity contribution in [2.24, 2.45) is 0 Å².